The van der Waals surface area contributed by atoms with Crippen molar-refractivity contribution in [3.63, 3.8) is 0 Å². The number of rotatable bonds is 4. The first kappa shape index (κ1) is 15.5. The lowest BCUT2D eigenvalue weighted by Crippen LogP contribution is -2.22. The van der Waals surface area contributed by atoms with Crippen LogP contribution in [-0.2, 0) is 11.3 Å². The van der Waals surface area contributed by atoms with E-state index in [0.29, 0.717) is 0 Å². The summed E-state index contributed by atoms with van der Waals surface area (Å²) >= 11 is 0. The van der Waals surface area contributed by atoms with Gasteiger partial charge in [-0.15, -0.1) is 0 Å². The highest BCUT2D eigenvalue weighted by atomic mass is 16.5. The molecule has 1 aromatic heterocycles. The second-order valence-electron chi connectivity index (χ2n) is 5.07. The molecule has 24 heavy (non-hydrogen) atoms. The number of hydrogen-bond donors (Lipinski definition) is 2. The van der Waals surface area contributed by atoms with Gasteiger partial charge >= 0.3 is 11.7 Å². The lowest BCUT2D eigenvalue weighted by Gasteiger charge is -2.09. The zero-order chi connectivity index (χ0) is 17.1. The number of carbonyl (C=O) groups excluding carboxylic acids is 1. The van der Waals surface area contributed by atoms with Crippen LogP contribution >= 0.6 is 0 Å². The van der Waals surface area contributed by atoms with Gasteiger partial charge < -0.3 is 14.5 Å². The standard InChI is InChI=1S/C17H14N2O5/c1-23-13-8-11(7-12-14(13)18-17(22)19-15(12)20)16(21)24-9-10-5-3-2-4-6-10/h2-8H,9H2,1H3,(H2,18,19,20,22). The Hall–Kier alpha value is -3.35. The van der Waals surface area contributed by atoms with Gasteiger partial charge in [-0.25, -0.2) is 9.59 Å². The summed E-state index contributed by atoms with van der Waals surface area (Å²) in [5.41, 5.74) is -0.0190. The smallest absolute Gasteiger partial charge is 0.338 e. The van der Waals surface area contributed by atoms with E-state index >= 15 is 0 Å². The SMILES string of the molecule is COc1cc(C(=O)OCc2ccccc2)cc2c(=O)[nH]c(=O)[nH]c12. The quantitative estimate of drug-likeness (QED) is 0.709. The van der Waals surface area contributed by atoms with E-state index in [1.54, 1.807) is 0 Å². The molecule has 0 fully saturated rings. The molecule has 0 amide bonds. The van der Waals surface area contributed by atoms with Gasteiger partial charge in [0.1, 0.15) is 12.4 Å². The lowest BCUT2D eigenvalue weighted by molar-refractivity contribution is 0.0472. The molecule has 2 aromatic carbocycles. The monoisotopic (exact) mass is 326 g/mol. The van der Waals surface area contributed by atoms with E-state index in [1.807, 2.05) is 30.3 Å². The molecule has 0 spiro atoms. The molecule has 3 aromatic rings. The summed E-state index contributed by atoms with van der Waals surface area (Å²) in [5, 5.41) is 0.139. The van der Waals surface area contributed by atoms with Crippen molar-refractivity contribution < 1.29 is 14.3 Å². The third kappa shape index (κ3) is 3.05. The first-order valence-electron chi connectivity index (χ1n) is 7.14. The maximum absolute atomic E-state index is 12.2. The predicted octanol–water partition coefficient (Wildman–Crippen LogP) is 1.58. The summed E-state index contributed by atoms with van der Waals surface area (Å²) in [6.07, 6.45) is 0. The number of benzene rings is 2. The maximum Gasteiger partial charge on any atom is 0.338 e. The predicted molar refractivity (Wildman–Crippen MR) is 87.3 cm³/mol. The van der Waals surface area contributed by atoms with Crippen molar-refractivity contribution >= 4 is 16.9 Å². The number of hydrogen-bond acceptors (Lipinski definition) is 5. The molecule has 0 aliphatic carbocycles. The van der Waals surface area contributed by atoms with E-state index in [4.69, 9.17) is 9.47 Å². The summed E-state index contributed by atoms with van der Waals surface area (Å²) in [6, 6.07) is 12.0. The van der Waals surface area contributed by atoms with Crippen LogP contribution in [0.25, 0.3) is 10.9 Å². The van der Waals surface area contributed by atoms with Crippen LogP contribution in [0.2, 0.25) is 0 Å². The molecule has 0 unspecified atom stereocenters. The van der Waals surface area contributed by atoms with Crippen molar-refractivity contribution in [3.05, 3.63) is 74.4 Å². The Bertz CT molecular complexity index is 1000. The van der Waals surface area contributed by atoms with Gasteiger partial charge in [0.2, 0.25) is 0 Å². The summed E-state index contributed by atoms with van der Waals surface area (Å²) < 4.78 is 10.4. The first-order valence-corrected chi connectivity index (χ1v) is 7.14. The lowest BCUT2D eigenvalue weighted by atomic mass is 10.1. The minimum absolute atomic E-state index is 0.113. The topological polar surface area (TPSA) is 101 Å². The number of ether oxygens (including phenoxy) is 2. The largest absolute Gasteiger partial charge is 0.495 e. The Morgan fingerprint density at radius 3 is 2.54 bits per heavy atom. The number of esters is 1. The molecule has 122 valence electrons. The van der Waals surface area contributed by atoms with Crippen molar-refractivity contribution in [3.8, 4) is 5.75 Å². The molecule has 3 rings (SSSR count). The Labute approximate surface area is 135 Å². The molecular weight excluding hydrogens is 312 g/mol. The number of nitrogens with one attached hydrogen (secondary N) is 2. The molecule has 0 radical (unpaired) electrons. The van der Waals surface area contributed by atoms with Gasteiger partial charge in [-0.2, -0.15) is 0 Å². The van der Waals surface area contributed by atoms with E-state index in [0.717, 1.165) is 5.56 Å². The number of aromatic nitrogens is 2. The van der Waals surface area contributed by atoms with Crippen molar-refractivity contribution in [2.75, 3.05) is 7.11 Å². The Kier molecular flexibility index (Phi) is 4.15. The average Bonchev–Trinajstić information content (AvgIpc) is 2.59. The third-order valence-electron chi connectivity index (χ3n) is 3.48. The van der Waals surface area contributed by atoms with E-state index in [2.05, 4.69) is 9.97 Å². The molecule has 0 saturated carbocycles. The Morgan fingerprint density at radius 1 is 1.08 bits per heavy atom. The number of carbonyl (C=O) groups is 1. The molecule has 7 nitrogen and oxygen atoms in total. The number of fused-ring (bicyclic) bond motifs is 1. The molecule has 2 N–H and O–H groups in total. The molecule has 0 atom stereocenters. The van der Waals surface area contributed by atoms with Gasteiger partial charge in [0, 0.05) is 0 Å². The third-order valence-corrected chi connectivity index (χ3v) is 3.48. The van der Waals surface area contributed by atoms with Crippen LogP contribution in [0.15, 0.2) is 52.1 Å². The summed E-state index contributed by atoms with van der Waals surface area (Å²) in [4.78, 5) is 40.2. The second-order valence-corrected chi connectivity index (χ2v) is 5.07. The van der Waals surface area contributed by atoms with Crippen molar-refractivity contribution in [1.29, 1.82) is 0 Å². The maximum atomic E-state index is 12.2. The zero-order valence-electron chi connectivity index (χ0n) is 12.8. The highest BCUT2D eigenvalue weighted by Crippen LogP contribution is 2.23. The van der Waals surface area contributed by atoms with Crippen LogP contribution in [0.4, 0.5) is 0 Å². The Morgan fingerprint density at radius 2 is 1.83 bits per heavy atom. The van der Waals surface area contributed by atoms with Gasteiger partial charge in [-0.1, -0.05) is 30.3 Å². The van der Waals surface area contributed by atoms with Crippen LogP contribution in [0, 0.1) is 0 Å². The number of aromatic amines is 2. The van der Waals surface area contributed by atoms with Gasteiger partial charge in [0.15, 0.2) is 0 Å². The fraction of sp³-hybridized carbons (Fsp3) is 0.118. The van der Waals surface area contributed by atoms with Crippen LogP contribution < -0.4 is 16.0 Å². The van der Waals surface area contributed by atoms with Gasteiger partial charge in [0.25, 0.3) is 5.56 Å². The van der Waals surface area contributed by atoms with E-state index < -0.39 is 17.2 Å². The van der Waals surface area contributed by atoms with Gasteiger partial charge in [0.05, 0.1) is 23.6 Å². The molecule has 0 aliphatic heterocycles. The average molecular weight is 326 g/mol. The van der Waals surface area contributed by atoms with Crippen LogP contribution in [0.5, 0.6) is 5.75 Å². The van der Waals surface area contributed by atoms with E-state index in [1.165, 1.54) is 19.2 Å². The molecule has 1 heterocycles. The normalized spacial score (nSPS) is 10.5. The second kappa shape index (κ2) is 6.41. The van der Waals surface area contributed by atoms with Gasteiger partial charge in [-0.3, -0.25) is 9.78 Å². The van der Waals surface area contributed by atoms with Crippen molar-refractivity contribution in [2.45, 2.75) is 6.61 Å². The summed E-state index contributed by atoms with van der Waals surface area (Å²) in [5.74, 6) is -0.382. The van der Waals surface area contributed by atoms with E-state index in [9.17, 15) is 14.4 Å². The zero-order valence-corrected chi connectivity index (χ0v) is 12.8. The van der Waals surface area contributed by atoms with E-state index in [-0.39, 0.29) is 28.8 Å². The highest BCUT2D eigenvalue weighted by Gasteiger charge is 2.15. The van der Waals surface area contributed by atoms with Crippen molar-refractivity contribution in [2.24, 2.45) is 0 Å². The van der Waals surface area contributed by atoms with Crippen molar-refractivity contribution in [1.82, 2.24) is 9.97 Å². The fourth-order valence-electron chi connectivity index (χ4n) is 2.32. The number of methoxy groups -OCH3 is 1. The molecule has 0 aliphatic rings. The molecule has 0 saturated heterocycles. The summed E-state index contributed by atoms with van der Waals surface area (Å²) in [7, 11) is 1.38. The number of H-pyrrole nitrogens is 2. The Balaban J connectivity index is 1.96. The molecule has 7 heteroatoms. The summed E-state index contributed by atoms with van der Waals surface area (Å²) in [6.45, 7) is 0.113. The minimum Gasteiger partial charge on any atom is -0.495 e. The first-order chi connectivity index (χ1) is 11.6. The van der Waals surface area contributed by atoms with Crippen LogP contribution in [-0.4, -0.2) is 23.0 Å². The fourth-order valence-corrected chi connectivity index (χ4v) is 2.32. The van der Waals surface area contributed by atoms with Crippen LogP contribution in [0.3, 0.4) is 0 Å². The molecule has 0 bridgehead atoms. The molecular formula is C17H14N2O5. The highest BCUT2D eigenvalue weighted by molar-refractivity contribution is 5.96. The van der Waals surface area contributed by atoms with Crippen LogP contribution in [0.1, 0.15) is 15.9 Å². The van der Waals surface area contributed by atoms with Gasteiger partial charge in [-0.05, 0) is 17.7 Å². The minimum atomic E-state index is -0.648.